The lowest BCUT2D eigenvalue weighted by molar-refractivity contribution is -0.384. The summed E-state index contributed by atoms with van der Waals surface area (Å²) in [6.45, 7) is 2.11. The summed E-state index contributed by atoms with van der Waals surface area (Å²) in [5, 5.41) is 17.0. The van der Waals surface area contributed by atoms with Gasteiger partial charge in [-0.2, -0.15) is 0 Å². The van der Waals surface area contributed by atoms with Crippen LogP contribution in [0.4, 0.5) is 17.1 Å². The molecule has 2 heterocycles. The van der Waals surface area contributed by atoms with Crippen molar-refractivity contribution in [3.63, 3.8) is 0 Å². The molecule has 7 nitrogen and oxygen atoms in total. The number of carbonyl (C=O) groups is 1. The fourth-order valence-electron chi connectivity index (χ4n) is 2.78. The summed E-state index contributed by atoms with van der Waals surface area (Å²) in [4.78, 5) is 22.2. The molecule has 2 N–H and O–H groups in total. The Morgan fingerprint density at radius 3 is 3.05 bits per heavy atom. The molecule has 1 saturated heterocycles. The topological polar surface area (TPSA) is 93.5 Å². The molecule has 7 heteroatoms. The summed E-state index contributed by atoms with van der Waals surface area (Å²) in [5.41, 5.74) is 1.81. The number of fused-ring (bicyclic) bond motifs is 1. The van der Waals surface area contributed by atoms with Gasteiger partial charge in [-0.25, -0.2) is 0 Å². The van der Waals surface area contributed by atoms with Crippen molar-refractivity contribution in [3.05, 3.63) is 27.8 Å². The van der Waals surface area contributed by atoms with Crippen LogP contribution < -0.4 is 10.6 Å². The molecule has 1 amide bonds. The van der Waals surface area contributed by atoms with Crippen LogP contribution in [0.5, 0.6) is 0 Å². The third-order valence-corrected chi connectivity index (χ3v) is 3.88. The van der Waals surface area contributed by atoms with Crippen LogP contribution in [-0.4, -0.2) is 30.6 Å². The minimum absolute atomic E-state index is 0.0157. The van der Waals surface area contributed by atoms with Crippen molar-refractivity contribution in [1.82, 2.24) is 0 Å². The Bertz CT molecular complexity index is 582. The molecule has 2 aliphatic heterocycles. The largest absolute Gasteiger partial charge is 0.381 e. The van der Waals surface area contributed by atoms with Gasteiger partial charge in [0.25, 0.3) is 5.69 Å². The van der Waals surface area contributed by atoms with Crippen molar-refractivity contribution in [1.29, 1.82) is 0 Å². The van der Waals surface area contributed by atoms with Crippen LogP contribution in [0.3, 0.4) is 0 Å². The van der Waals surface area contributed by atoms with E-state index in [1.54, 1.807) is 6.07 Å². The molecular weight excluding hydrogens is 274 g/mol. The average molecular weight is 291 g/mol. The Balaban J connectivity index is 1.78. The highest BCUT2D eigenvalue weighted by Crippen LogP contribution is 2.34. The van der Waals surface area contributed by atoms with Gasteiger partial charge in [0.2, 0.25) is 5.91 Å². The van der Waals surface area contributed by atoms with Gasteiger partial charge in [0.15, 0.2) is 0 Å². The number of rotatable bonds is 4. The SMILES string of the molecule is O=C1Cc2cc([N+](=O)[O-])c(NCC3CCCOC3)cc2N1. The molecule has 1 atom stereocenters. The van der Waals surface area contributed by atoms with Crippen LogP contribution in [0.25, 0.3) is 0 Å². The molecule has 1 aromatic carbocycles. The molecule has 2 aliphatic rings. The van der Waals surface area contributed by atoms with Crippen LogP contribution in [0.1, 0.15) is 18.4 Å². The highest BCUT2D eigenvalue weighted by Gasteiger charge is 2.25. The van der Waals surface area contributed by atoms with Crippen molar-refractivity contribution < 1.29 is 14.5 Å². The number of nitro benzene ring substituents is 1. The fraction of sp³-hybridized carbons (Fsp3) is 0.500. The van der Waals surface area contributed by atoms with E-state index in [1.165, 1.54) is 6.07 Å². The highest BCUT2D eigenvalue weighted by molar-refractivity contribution is 6.00. The Kier molecular flexibility index (Phi) is 3.74. The van der Waals surface area contributed by atoms with Gasteiger partial charge in [0, 0.05) is 24.9 Å². The van der Waals surface area contributed by atoms with Gasteiger partial charge < -0.3 is 15.4 Å². The van der Waals surface area contributed by atoms with Crippen LogP contribution >= 0.6 is 0 Å². The van der Waals surface area contributed by atoms with E-state index >= 15 is 0 Å². The van der Waals surface area contributed by atoms with Gasteiger partial charge in [-0.05, 0) is 30.4 Å². The van der Waals surface area contributed by atoms with Crippen LogP contribution in [0.15, 0.2) is 12.1 Å². The molecule has 0 aliphatic carbocycles. The normalized spacial score (nSPS) is 20.8. The number of nitrogens with zero attached hydrogens (tertiary/aromatic N) is 1. The third-order valence-electron chi connectivity index (χ3n) is 3.88. The number of nitrogens with one attached hydrogen (secondary N) is 2. The van der Waals surface area contributed by atoms with Crippen LogP contribution in [-0.2, 0) is 16.0 Å². The van der Waals surface area contributed by atoms with Gasteiger partial charge in [0.1, 0.15) is 5.69 Å². The van der Waals surface area contributed by atoms with E-state index < -0.39 is 4.92 Å². The first-order chi connectivity index (χ1) is 10.1. The first kappa shape index (κ1) is 13.8. The van der Waals surface area contributed by atoms with E-state index in [4.69, 9.17) is 4.74 Å². The standard InChI is InChI=1S/C14H17N3O4/c18-14-5-10-4-13(17(19)20)12(6-11(10)16-14)15-7-9-2-1-3-21-8-9/h4,6,9,15H,1-3,5,7-8H2,(H,16,18). The van der Waals surface area contributed by atoms with Crippen LogP contribution in [0, 0.1) is 16.0 Å². The van der Waals surface area contributed by atoms with E-state index in [0.717, 1.165) is 19.4 Å². The second-order valence-corrected chi connectivity index (χ2v) is 5.47. The van der Waals surface area contributed by atoms with Crippen molar-refractivity contribution in [2.75, 3.05) is 30.4 Å². The summed E-state index contributed by atoms with van der Waals surface area (Å²) in [7, 11) is 0. The molecular formula is C14H17N3O4. The molecule has 1 unspecified atom stereocenters. The number of carbonyl (C=O) groups excluding carboxylic acids is 1. The third kappa shape index (κ3) is 2.97. The number of hydrogen-bond donors (Lipinski definition) is 2. The molecule has 0 bridgehead atoms. The predicted octanol–water partition coefficient (Wildman–Crippen LogP) is 1.93. The zero-order valence-corrected chi connectivity index (χ0v) is 11.6. The smallest absolute Gasteiger partial charge is 0.292 e. The first-order valence-corrected chi connectivity index (χ1v) is 7.06. The minimum Gasteiger partial charge on any atom is -0.381 e. The molecule has 1 fully saturated rings. The fourth-order valence-corrected chi connectivity index (χ4v) is 2.78. The quantitative estimate of drug-likeness (QED) is 0.653. The summed E-state index contributed by atoms with van der Waals surface area (Å²) in [5.74, 6) is 0.235. The summed E-state index contributed by atoms with van der Waals surface area (Å²) in [6, 6.07) is 3.13. The summed E-state index contributed by atoms with van der Waals surface area (Å²) >= 11 is 0. The number of hydrogen-bond acceptors (Lipinski definition) is 5. The lowest BCUT2D eigenvalue weighted by atomic mass is 10.0. The van der Waals surface area contributed by atoms with Gasteiger partial charge in [-0.3, -0.25) is 14.9 Å². The van der Waals surface area contributed by atoms with Crippen molar-refractivity contribution in [3.8, 4) is 0 Å². The highest BCUT2D eigenvalue weighted by atomic mass is 16.6. The predicted molar refractivity (Wildman–Crippen MR) is 77.5 cm³/mol. The van der Waals surface area contributed by atoms with Crippen molar-refractivity contribution in [2.24, 2.45) is 5.92 Å². The lowest BCUT2D eigenvalue weighted by Crippen LogP contribution is -2.24. The van der Waals surface area contributed by atoms with Crippen LogP contribution in [0.2, 0.25) is 0 Å². The monoisotopic (exact) mass is 291 g/mol. The van der Waals surface area contributed by atoms with E-state index in [2.05, 4.69) is 10.6 Å². The molecule has 0 aromatic heterocycles. The second-order valence-electron chi connectivity index (χ2n) is 5.47. The number of benzene rings is 1. The maximum absolute atomic E-state index is 11.4. The molecule has 1 aromatic rings. The summed E-state index contributed by atoms with van der Waals surface area (Å²) in [6.07, 6.45) is 2.28. The number of amides is 1. The molecule has 0 spiro atoms. The Morgan fingerprint density at radius 2 is 2.33 bits per heavy atom. The maximum Gasteiger partial charge on any atom is 0.292 e. The molecule has 0 saturated carbocycles. The van der Waals surface area contributed by atoms with E-state index in [-0.39, 0.29) is 18.0 Å². The molecule has 112 valence electrons. The maximum atomic E-state index is 11.4. The lowest BCUT2D eigenvalue weighted by Gasteiger charge is -2.22. The van der Waals surface area contributed by atoms with Crippen molar-refractivity contribution in [2.45, 2.75) is 19.3 Å². The molecule has 21 heavy (non-hydrogen) atoms. The Morgan fingerprint density at radius 1 is 1.48 bits per heavy atom. The van der Waals surface area contributed by atoms with Gasteiger partial charge in [0.05, 0.1) is 18.0 Å². The van der Waals surface area contributed by atoms with Gasteiger partial charge >= 0.3 is 0 Å². The zero-order valence-electron chi connectivity index (χ0n) is 11.6. The van der Waals surface area contributed by atoms with Gasteiger partial charge in [-0.15, -0.1) is 0 Å². The number of anilines is 2. The number of nitro groups is 1. The second kappa shape index (κ2) is 5.69. The van der Waals surface area contributed by atoms with E-state index in [9.17, 15) is 14.9 Å². The van der Waals surface area contributed by atoms with E-state index in [1.807, 2.05) is 0 Å². The van der Waals surface area contributed by atoms with Crippen molar-refractivity contribution >= 4 is 23.0 Å². The Labute approximate surface area is 121 Å². The Hall–Kier alpha value is -2.15. The van der Waals surface area contributed by atoms with Gasteiger partial charge in [-0.1, -0.05) is 0 Å². The molecule has 0 radical (unpaired) electrons. The first-order valence-electron chi connectivity index (χ1n) is 7.06. The summed E-state index contributed by atoms with van der Waals surface area (Å²) < 4.78 is 5.41. The number of ether oxygens (including phenoxy) is 1. The average Bonchev–Trinajstić information content (AvgIpc) is 2.84. The van der Waals surface area contributed by atoms with E-state index in [0.29, 0.717) is 36.0 Å². The zero-order chi connectivity index (χ0) is 14.8. The minimum atomic E-state index is -0.414. The molecule has 3 rings (SSSR count).